The van der Waals surface area contributed by atoms with Gasteiger partial charge in [-0.05, 0) is 24.1 Å². The van der Waals surface area contributed by atoms with Crippen LogP contribution in [0.5, 0.6) is 0 Å². The Morgan fingerprint density at radius 2 is 2.18 bits per heavy atom. The Labute approximate surface area is 173 Å². The van der Waals surface area contributed by atoms with Crippen LogP contribution in [0.2, 0.25) is 0 Å². The lowest BCUT2D eigenvalue weighted by Gasteiger charge is -2.26. The van der Waals surface area contributed by atoms with Crippen LogP contribution < -0.4 is 4.31 Å². The molecule has 1 aliphatic heterocycles. The molecule has 0 spiro atoms. The number of thiazole rings is 1. The molecule has 0 atom stereocenters. The van der Waals surface area contributed by atoms with Crippen molar-refractivity contribution in [3.05, 3.63) is 61.3 Å². The van der Waals surface area contributed by atoms with Gasteiger partial charge in [0.05, 0.1) is 24.3 Å². The minimum atomic E-state index is 0.519. The van der Waals surface area contributed by atoms with Gasteiger partial charge in [0.25, 0.3) is 0 Å². The van der Waals surface area contributed by atoms with Crippen molar-refractivity contribution in [1.82, 2.24) is 19.9 Å². The predicted molar refractivity (Wildman–Crippen MR) is 116 cm³/mol. The van der Waals surface area contributed by atoms with Crippen LogP contribution in [-0.4, -0.2) is 39.7 Å². The first-order valence-corrected chi connectivity index (χ1v) is 10.1. The van der Waals surface area contributed by atoms with Gasteiger partial charge in [-0.1, -0.05) is 25.0 Å². The first-order chi connectivity index (χ1) is 13.8. The van der Waals surface area contributed by atoms with Crippen molar-refractivity contribution < 1.29 is 4.74 Å². The number of aromatic nitrogens is 4. The van der Waals surface area contributed by atoms with Gasteiger partial charge in [0.1, 0.15) is 16.4 Å². The Balaban J connectivity index is 1.65. The Morgan fingerprint density at radius 3 is 3.00 bits per heavy atom. The van der Waals surface area contributed by atoms with E-state index < -0.39 is 0 Å². The number of ether oxygens (including phenoxy) is 1. The molecule has 6 nitrogen and oxygen atoms in total. The van der Waals surface area contributed by atoms with E-state index in [1.807, 2.05) is 28.8 Å². The van der Waals surface area contributed by atoms with E-state index in [-0.39, 0.29) is 0 Å². The van der Waals surface area contributed by atoms with E-state index in [9.17, 15) is 0 Å². The van der Waals surface area contributed by atoms with Gasteiger partial charge < -0.3 is 9.04 Å². The lowest BCUT2D eigenvalue weighted by molar-refractivity contribution is 0.194. The zero-order chi connectivity index (χ0) is 19.3. The minimum absolute atomic E-state index is 0.519. The zero-order valence-electron chi connectivity index (χ0n) is 15.2. The topological polar surface area (TPSA) is 64.0 Å². The van der Waals surface area contributed by atoms with E-state index >= 15 is 0 Å². The molecular weight excluding hydrogens is 390 g/mol. The van der Waals surface area contributed by atoms with Crippen LogP contribution >= 0.6 is 24.2 Å². The van der Waals surface area contributed by atoms with Crippen molar-refractivity contribution in [3.63, 3.8) is 0 Å². The third-order valence-corrected chi connectivity index (χ3v) is 5.70. The molecule has 3 aromatic heterocycles. The van der Waals surface area contributed by atoms with Gasteiger partial charge in [-0.2, -0.15) is 0 Å². The molecule has 0 saturated heterocycles. The van der Waals surface area contributed by atoms with Crippen molar-refractivity contribution in [1.29, 1.82) is 0 Å². The molecule has 28 heavy (non-hydrogen) atoms. The Morgan fingerprint density at radius 1 is 1.25 bits per heavy atom. The van der Waals surface area contributed by atoms with Gasteiger partial charge in [-0.15, -0.1) is 17.9 Å². The SMILES string of the molecule is C=CCOC/C=C1/CCN(S)c2ncc(-c3cnc(-c4cccnc4)s3)nc21. The highest BCUT2D eigenvalue weighted by Crippen LogP contribution is 2.36. The van der Waals surface area contributed by atoms with E-state index in [1.165, 1.54) is 0 Å². The van der Waals surface area contributed by atoms with Crippen LogP contribution in [0.25, 0.3) is 26.7 Å². The molecule has 0 amide bonds. The van der Waals surface area contributed by atoms with Crippen molar-refractivity contribution in [3.8, 4) is 21.1 Å². The summed E-state index contributed by atoms with van der Waals surface area (Å²) in [4.78, 5) is 19.1. The van der Waals surface area contributed by atoms with Gasteiger partial charge in [-0.3, -0.25) is 4.98 Å². The molecule has 0 N–H and O–H groups in total. The molecule has 1 aliphatic rings. The average Bonchev–Trinajstić information content (AvgIpc) is 3.23. The summed E-state index contributed by atoms with van der Waals surface area (Å²) < 4.78 is 7.34. The maximum atomic E-state index is 5.51. The third kappa shape index (κ3) is 3.99. The molecule has 0 fully saturated rings. The summed E-state index contributed by atoms with van der Waals surface area (Å²) in [5.74, 6) is 0.769. The number of fused-ring (bicyclic) bond motifs is 1. The fourth-order valence-electron chi connectivity index (χ4n) is 2.88. The molecule has 4 heterocycles. The summed E-state index contributed by atoms with van der Waals surface area (Å²) in [5.41, 5.74) is 3.76. The number of pyridine rings is 1. The normalized spacial score (nSPS) is 14.9. The molecule has 0 unspecified atom stereocenters. The van der Waals surface area contributed by atoms with Gasteiger partial charge >= 0.3 is 0 Å². The van der Waals surface area contributed by atoms with Crippen LogP contribution in [0.4, 0.5) is 5.82 Å². The molecule has 3 aromatic rings. The van der Waals surface area contributed by atoms with E-state index in [2.05, 4.69) is 40.4 Å². The Kier molecular flexibility index (Phi) is 5.80. The van der Waals surface area contributed by atoms with Crippen LogP contribution in [-0.2, 0) is 4.74 Å². The second-order valence-corrected chi connectivity index (χ2v) is 7.64. The van der Waals surface area contributed by atoms with Crippen molar-refractivity contribution in [2.45, 2.75) is 6.42 Å². The highest BCUT2D eigenvalue weighted by Gasteiger charge is 2.22. The minimum Gasteiger partial charge on any atom is -0.373 e. The second kappa shape index (κ2) is 8.64. The van der Waals surface area contributed by atoms with Crippen molar-refractivity contribution in [2.75, 3.05) is 24.1 Å². The summed E-state index contributed by atoms with van der Waals surface area (Å²) in [7, 11) is 0. The van der Waals surface area contributed by atoms with Crippen LogP contribution in [0.15, 0.2) is 55.7 Å². The third-order valence-electron chi connectivity index (χ3n) is 4.24. The standard InChI is InChI=1S/C20H19N5OS2/c1-2-9-26-10-6-14-5-8-25(27)19-18(14)24-16(12-22-19)17-13-23-20(28-17)15-4-3-7-21-11-15/h2-4,6-7,11-13,27H,1,5,8-10H2/b14-6-. The van der Waals surface area contributed by atoms with E-state index in [1.54, 1.807) is 29.8 Å². The smallest absolute Gasteiger partial charge is 0.164 e. The van der Waals surface area contributed by atoms with Gasteiger partial charge in [0.15, 0.2) is 5.82 Å². The molecule has 0 aromatic carbocycles. The van der Waals surface area contributed by atoms with E-state index in [0.29, 0.717) is 13.2 Å². The predicted octanol–water partition coefficient (Wildman–Crippen LogP) is 4.30. The quantitative estimate of drug-likeness (QED) is 0.372. The van der Waals surface area contributed by atoms with Crippen LogP contribution in [0.1, 0.15) is 12.1 Å². The fraction of sp³-hybridized carbons (Fsp3) is 0.200. The van der Waals surface area contributed by atoms with E-state index in [4.69, 9.17) is 9.72 Å². The Bertz CT molecular complexity index is 1000. The zero-order valence-corrected chi connectivity index (χ0v) is 16.9. The second-order valence-electron chi connectivity index (χ2n) is 6.13. The molecule has 0 aliphatic carbocycles. The monoisotopic (exact) mass is 409 g/mol. The average molecular weight is 410 g/mol. The van der Waals surface area contributed by atoms with E-state index in [0.717, 1.165) is 51.2 Å². The highest BCUT2D eigenvalue weighted by atomic mass is 32.1. The molecule has 4 rings (SSSR count). The fourth-order valence-corrected chi connectivity index (χ4v) is 3.99. The van der Waals surface area contributed by atoms with Crippen LogP contribution in [0, 0.1) is 0 Å². The molecule has 0 bridgehead atoms. The number of hydrogen-bond acceptors (Lipinski definition) is 8. The molecular formula is C20H19N5OS2. The summed E-state index contributed by atoms with van der Waals surface area (Å²) >= 11 is 6.10. The van der Waals surface area contributed by atoms with Gasteiger partial charge in [-0.25, -0.2) is 15.0 Å². The van der Waals surface area contributed by atoms with Crippen LogP contribution in [0.3, 0.4) is 0 Å². The lowest BCUT2D eigenvalue weighted by Crippen LogP contribution is -2.22. The molecule has 0 saturated carbocycles. The maximum absolute atomic E-state index is 5.51. The summed E-state index contributed by atoms with van der Waals surface area (Å²) in [6, 6.07) is 3.90. The maximum Gasteiger partial charge on any atom is 0.164 e. The number of thiol groups is 1. The lowest BCUT2D eigenvalue weighted by atomic mass is 10.0. The Hall–Kier alpha value is -2.55. The highest BCUT2D eigenvalue weighted by molar-refractivity contribution is 7.81. The van der Waals surface area contributed by atoms with Crippen molar-refractivity contribution in [2.24, 2.45) is 0 Å². The molecule has 0 radical (unpaired) electrons. The summed E-state index contributed by atoms with van der Waals surface area (Å²) in [6.07, 6.45) is 11.8. The molecule has 142 valence electrons. The largest absolute Gasteiger partial charge is 0.373 e. The number of rotatable bonds is 6. The summed E-state index contributed by atoms with van der Waals surface area (Å²) in [6.45, 7) is 5.49. The number of anilines is 1. The van der Waals surface area contributed by atoms with Gasteiger partial charge in [0.2, 0.25) is 0 Å². The molecule has 8 heteroatoms. The van der Waals surface area contributed by atoms with Crippen molar-refractivity contribution >= 4 is 35.5 Å². The van der Waals surface area contributed by atoms with Gasteiger partial charge in [0, 0.05) is 30.7 Å². The number of nitrogens with zero attached hydrogens (tertiary/aromatic N) is 5. The summed E-state index contributed by atoms with van der Waals surface area (Å²) in [5, 5.41) is 0.909. The first-order valence-electron chi connectivity index (χ1n) is 8.84. The number of hydrogen-bond donors (Lipinski definition) is 1. The first kappa shape index (κ1) is 18.8.